The van der Waals surface area contributed by atoms with E-state index < -0.39 is 0 Å². The molecule has 1 heterocycles. The number of hydrogen-bond acceptors (Lipinski definition) is 3. The third kappa shape index (κ3) is 2.92. The molecule has 0 aliphatic rings. The van der Waals surface area contributed by atoms with Crippen LogP contribution in [-0.2, 0) is 11.3 Å². The van der Waals surface area contributed by atoms with Crippen LogP contribution in [0.25, 0.3) is 0 Å². The fraction of sp³-hybridized carbons (Fsp3) is 0.250. The molecule has 0 saturated carbocycles. The van der Waals surface area contributed by atoms with Crippen molar-refractivity contribution in [3.63, 3.8) is 0 Å². The number of nitrogens with zero attached hydrogens (tertiary/aromatic N) is 1. The largest absolute Gasteiger partial charge is 0.351 e. The molecule has 0 bridgehead atoms. The van der Waals surface area contributed by atoms with Gasteiger partial charge >= 0.3 is 0 Å². The van der Waals surface area contributed by atoms with Crippen LogP contribution >= 0.6 is 12.6 Å². The van der Waals surface area contributed by atoms with Crippen LogP contribution in [-0.4, -0.2) is 16.6 Å². The van der Waals surface area contributed by atoms with E-state index in [0.717, 1.165) is 5.56 Å². The average Bonchev–Trinajstić information content (AvgIpc) is 2.16. The number of amides is 1. The molecule has 1 aromatic heterocycles. The van der Waals surface area contributed by atoms with Gasteiger partial charge in [-0.1, -0.05) is 0 Å². The predicted octanol–water partition coefficient (Wildman–Crippen LogP) is 0.628. The average molecular weight is 182 g/mol. The maximum absolute atomic E-state index is 10.8. The fourth-order valence-corrected chi connectivity index (χ4v) is 0.869. The van der Waals surface area contributed by atoms with Gasteiger partial charge in [0.25, 0.3) is 0 Å². The topological polar surface area (TPSA) is 42.0 Å². The van der Waals surface area contributed by atoms with Crippen molar-refractivity contribution in [2.24, 2.45) is 0 Å². The Kier molecular flexibility index (Phi) is 3.60. The summed E-state index contributed by atoms with van der Waals surface area (Å²) in [6.45, 7) is 0.544. The highest BCUT2D eigenvalue weighted by atomic mass is 32.1. The lowest BCUT2D eigenvalue weighted by atomic mass is 10.3. The molecule has 0 spiro atoms. The van der Waals surface area contributed by atoms with Gasteiger partial charge in [0, 0.05) is 18.9 Å². The van der Waals surface area contributed by atoms with E-state index in [2.05, 4.69) is 22.9 Å². The first-order valence-electron chi connectivity index (χ1n) is 3.59. The molecule has 1 rings (SSSR count). The maximum Gasteiger partial charge on any atom is 0.229 e. The van der Waals surface area contributed by atoms with Gasteiger partial charge in [-0.05, 0) is 17.7 Å². The molecule has 12 heavy (non-hydrogen) atoms. The van der Waals surface area contributed by atoms with E-state index in [1.807, 2.05) is 12.1 Å². The van der Waals surface area contributed by atoms with E-state index in [0.29, 0.717) is 6.54 Å². The summed E-state index contributed by atoms with van der Waals surface area (Å²) in [5.74, 6) is 0.167. The number of pyridine rings is 1. The molecule has 0 atom stereocenters. The maximum atomic E-state index is 10.8. The van der Waals surface area contributed by atoms with Crippen molar-refractivity contribution in [3.8, 4) is 0 Å². The van der Waals surface area contributed by atoms with Gasteiger partial charge in [-0.25, -0.2) is 0 Å². The van der Waals surface area contributed by atoms with Gasteiger partial charge < -0.3 is 5.32 Å². The summed E-state index contributed by atoms with van der Waals surface area (Å²) in [5, 5.41) is 2.71. The van der Waals surface area contributed by atoms with Crippen molar-refractivity contribution in [3.05, 3.63) is 30.1 Å². The van der Waals surface area contributed by atoms with Gasteiger partial charge in [-0.2, -0.15) is 12.6 Å². The van der Waals surface area contributed by atoms with Crippen LogP contribution in [0.15, 0.2) is 24.5 Å². The molecule has 0 aliphatic carbocycles. The molecular formula is C8H10N2OS. The summed E-state index contributed by atoms with van der Waals surface area (Å²) >= 11 is 3.84. The highest BCUT2D eigenvalue weighted by molar-refractivity contribution is 7.81. The van der Waals surface area contributed by atoms with Gasteiger partial charge in [0.15, 0.2) is 0 Å². The number of hydrogen-bond donors (Lipinski definition) is 2. The standard InChI is InChI=1S/C8H10N2OS/c11-8(6-12)10-5-7-1-3-9-4-2-7/h1-4,12H,5-6H2,(H,10,11). The van der Waals surface area contributed by atoms with Crippen molar-refractivity contribution in [1.29, 1.82) is 0 Å². The van der Waals surface area contributed by atoms with Gasteiger partial charge in [0.2, 0.25) is 5.91 Å². The number of aromatic nitrogens is 1. The van der Waals surface area contributed by atoms with Crippen LogP contribution in [0, 0.1) is 0 Å². The molecule has 4 heteroatoms. The van der Waals surface area contributed by atoms with Crippen LogP contribution < -0.4 is 5.32 Å². The lowest BCUT2D eigenvalue weighted by molar-refractivity contribution is -0.118. The van der Waals surface area contributed by atoms with Gasteiger partial charge in [0.05, 0.1) is 5.75 Å². The van der Waals surface area contributed by atoms with E-state index in [-0.39, 0.29) is 11.7 Å². The molecule has 1 aromatic rings. The quantitative estimate of drug-likeness (QED) is 0.673. The molecule has 0 unspecified atom stereocenters. The number of carbonyl (C=O) groups excluding carboxylic acids is 1. The molecule has 64 valence electrons. The molecule has 0 aromatic carbocycles. The number of rotatable bonds is 3. The minimum absolute atomic E-state index is 0.0601. The Morgan fingerprint density at radius 2 is 2.17 bits per heavy atom. The van der Waals surface area contributed by atoms with Crippen molar-refractivity contribution < 1.29 is 4.79 Å². The first kappa shape index (κ1) is 9.06. The number of nitrogens with one attached hydrogen (secondary N) is 1. The molecule has 0 aliphatic heterocycles. The van der Waals surface area contributed by atoms with Crippen LogP contribution in [0.3, 0.4) is 0 Å². The number of thiol groups is 1. The Balaban J connectivity index is 2.38. The Morgan fingerprint density at radius 3 is 2.75 bits per heavy atom. The van der Waals surface area contributed by atoms with Crippen LogP contribution in [0.1, 0.15) is 5.56 Å². The van der Waals surface area contributed by atoms with Crippen molar-refractivity contribution in [1.82, 2.24) is 10.3 Å². The number of carbonyl (C=O) groups is 1. The summed E-state index contributed by atoms with van der Waals surface area (Å²) in [4.78, 5) is 14.6. The lowest BCUT2D eigenvalue weighted by Gasteiger charge is -2.01. The summed E-state index contributed by atoms with van der Waals surface area (Å²) in [5.41, 5.74) is 1.04. The van der Waals surface area contributed by atoms with Gasteiger partial charge in [0.1, 0.15) is 0 Å². The van der Waals surface area contributed by atoms with Crippen molar-refractivity contribution in [2.45, 2.75) is 6.54 Å². The normalized spacial score (nSPS) is 9.42. The van der Waals surface area contributed by atoms with Gasteiger partial charge in [-0.3, -0.25) is 9.78 Å². The van der Waals surface area contributed by atoms with Gasteiger partial charge in [-0.15, -0.1) is 0 Å². The van der Waals surface area contributed by atoms with Crippen LogP contribution in [0.5, 0.6) is 0 Å². The molecule has 3 nitrogen and oxygen atoms in total. The second-order valence-corrected chi connectivity index (χ2v) is 2.61. The van der Waals surface area contributed by atoms with Crippen LogP contribution in [0.4, 0.5) is 0 Å². The van der Waals surface area contributed by atoms with E-state index in [1.165, 1.54) is 0 Å². The zero-order chi connectivity index (χ0) is 8.81. The van der Waals surface area contributed by atoms with E-state index in [4.69, 9.17) is 0 Å². The summed E-state index contributed by atoms with van der Waals surface area (Å²) < 4.78 is 0. The molecule has 0 radical (unpaired) electrons. The first-order chi connectivity index (χ1) is 5.83. The predicted molar refractivity (Wildman–Crippen MR) is 49.9 cm³/mol. The molecule has 0 saturated heterocycles. The van der Waals surface area contributed by atoms with E-state index >= 15 is 0 Å². The zero-order valence-electron chi connectivity index (χ0n) is 6.53. The van der Waals surface area contributed by atoms with Crippen molar-refractivity contribution >= 4 is 18.5 Å². The Labute approximate surface area is 76.6 Å². The zero-order valence-corrected chi connectivity index (χ0v) is 7.42. The molecule has 0 fully saturated rings. The Morgan fingerprint density at radius 1 is 1.50 bits per heavy atom. The summed E-state index contributed by atoms with van der Waals surface area (Å²) in [7, 11) is 0. The molecular weight excluding hydrogens is 172 g/mol. The second-order valence-electron chi connectivity index (χ2n) is 2.29. The fourth-order valence-electron chi connectivity index (χ4n) is 0.757. The smallest absolute Gasteiger partial charge is 0.229 e. The molecule has 1 amide bonds. The third-order valence-corrected chi connectivity index (χ3v) is 1.67. The minimum atomic E-state index is -0.0601. The second kappa shape index (κ2) is 4.77. The first-order valence-corrected chi connectivity index (χ1v) is 4.22. The summed E-state index contributed by atoms with van der Waals surface area (Å²) in [6, 6.07) is 3.72. The monoisotopic (exact) mass is 182 g/mol. The lowest BCUT2D eigenvalue weighted by Crippen LogP contribution is -2.23. The molecule has 1 N–H and O–H groups in total. The van der Waals surface area contributed by atoms with E-state index in [1.54, 1.807) is 12.4 Å². The van der Waals surface area contributed by atoms with Crippen LogP contribution in [0.2, 0.25) is 0 Å². The minimum Gasteiger partial charge on any atom is -0.351 e. The third-order valence-electron chi connectivity index (χ3n) is 1.38. The summed E-state index contributed by atoms with van der Waals surface area (Å²) in [6.07, 6.45) is 3.39. The Bertz CT molecular complexity index is 250. The van der Waals surface area contributed by atoms with Crippen molar-refractivity contribution in [2.75, 3.05) is 5.75 Å². The SMILES string of the molecule is O=C(CS)NCc1ccncc1. The Hall–Kier alpha value is -1.03. The van der Waals surface area contributed by atoms with E-state index in [9.17, 15) is 4.79 Å². The highest BCUT2D eigenvalue weighted by Crippen LogP contribution is 1.94. The highest BCUT2D eigenvalue weighted by Gasteiger charge is 1.96.